The minimum atomic E-state index is 0.851. The lowest BCUT2D eigenvalue weighted by atomic mass is 10.0. The van der Waals surface area contributed by atoms with Gasteiger partial charge < -0.3 is 18.8 Å². The van der Waals surface area contributed by atoms with Gasteiger partial charge in [0.15, 0.2) is 5.58 Å². The Balaban J connectivity index is 0.955. The van der Waals surface area contributed by atoms with Gasteiger partial charge in [-0.1, -0.05) is 152 Å². The first kappa shape index (κ1) is 39.3. The standard InChI is InChI=1S/C64H41N3OS/c1-4-19-46(20-5-1)65(47-21-6-2-7-22-47)49-25-14-26-50(41-49)67(57-30-15-28-54-52-27-12-13-32-61(52)68-63(54)57)58-31-16-29-55-53-36-34-45(40-62(53)69-64(55)58)44-33-35-51-56-37-42-17-10-11-18-43(42)38-60(56)66(59(51)39-44)48-23-8-3-9-24-48/h1-41H. The summed E-state index contributed by atoms with van der Waals surface area (Å²) in [6, 6.07) is 89.8. The van der Waals surface area contributed by atoms with Crippen LogP contribution in [0.2, 0.25) is 0 Å². The SMILES string of the molecule is c1ccc(N(c2ccccc2)c2cccc(N(c3cccc4c3oc3ccccc34)c3cccc4c3sc3cc(-c5ccc6c7cc8ccccc8cc7n(-c7ccccc7)c6c5)ccc34)c2)cc1. The molecule has 0 aliphatic heterocycles. The zero-order chi connectivity index (χ0) is 45.4. The van der Waals surface area contributed by atoms with Gasteiger partial charge in [-0.25, -0.2) is 0 Å². The summed E-state index contributed by atoms with van der Waals surface area (Å²) in [5.74, 6) is 0. The fourth-order valence-electron chi connectivity index (χ4n) is 10.6. The molecule has 0 aliphatic carbocycles. The Hall–Kier alpha value is -8.90. The van der Waals surface area contributed by atoms with Crippen LogP contribution in [0, 0.1) is 0 Å². The van der Waals surface area contributed by atoms with Gasteiger partial charge in [-0.05, 0) is 119 Å². The number of para-hydroxylation sites is 5. The molecule has 3 aromatic heterocycles. The van der Waals surface area contributed by atoms with E-state index in [9.17, 15) is 0 Å². The van der Waals surface area contributed by atoms with E-state index in [0.717, 1.165) is 61.8 Å². The Morgan fingerprint density at radius 2 is 0.913 bits per heavy atom. The van der Waals surface area contributed by atoms with Crippen molar-refractivity contribution in [1.82, 2.24) is 4.57 Å². The molecule has 11 aromatic carbocycles. The number of hydrogen-bond acceptors (Lipinski definition) is 4. The summed E-state index contributed by atoms with van der Waals surface area (Å²) in [4.78, 5) is 4.73. The van der Waals surface area contributed by atoms with E-state index in [1.807, 2.05) is 17.4 Å². The average Bonchev–Trinajstić information content (AvgIpc) is 4.09. The summed E-state index contributed by atoms with van der Waals surface area (Å²) in [6.07, 6.45) is 0. The Morgan fingerprint density at radius 1 is 0.348 bits per heavy atom. The van der Waals surface area contributed by atoms with E-state index in [0.29, 0.717) is 0 Å². The van der Waals surface area contributed by atoms with Crippen molar-refractivity contribution < 1.29 is 4.42 Å². The zero-order valence-electron chi connectivity index (χ0n) is 37.3. The molecule has 14 rings (SSSR count). The summed E-state index contributed by atoms with van der Waals surface area (Å²) >= 11 is 1.85. The van der Waals surface area contributed by atoms with Crippen LogP contribution in [-0.2, 0) is 0 Å². The highest BCUT2D eigenvalue weighted by Crippen LogP contribution is 2.49. The van der Waals surface area contributed by atoms with E-state index in [1.54, 1.807) is 0 Å². The lowest BCUT2D eigenvalue weighted by Gasteiger charge is -2.29. The minimum Gasteiger partial charge on any atom is -0.454 e. The molecule has 69 heavy (non-hydrogen) atoms. The molecular weight excluding hydrogens is 859 g/mol. The van der Waals surface area contributed by atoms with Gasteiger partial charge in [0, 0.05) is 65.5 Å². The van der Waals surface area contributed by atoms with Crippen LogP contribution < -0.4 is 9.80 Å². The van der Waals surface area contributed by atoms with Gasteiger partial charge in [0.1, 0.15) is 5.58 Å². The van der Waals surface area contributed by atoms with Crippen LogP contribution in [0.25, 0.3) is 91.5 Å². The smallest absolute Gasteiger partial charge is 0.159 e. The monoisotopic (exact) mass is 899 g/mol. The van der Waals surface area contributed by atoms with Crippen LogP contribution in [0.3, 0.4) is 0 Å². The van der Waals surface area contributed by atoms with Gasteiger partial charge in [0.05, 0.1) is 27.1 Å². The molecule has 4 nitrogen and oxygen atoms in total. The van der Waals surface area contributed by atoms with Gasteiger partial charge >= 0.3 is 0 Å². The topological polar surface area (TPSA) is 24.6 Å². The summed E-state index contributed by atoms with van der Waals surface area (Å²) in [5, 5.41) is 9.64. The third-order valence-corrected chi connectivity index (χ3v) is 14.9. The van der Waals surface area contributed by atoms with Crippen LogP contribution in [0.15, 0.2) is 253 Å². The third-order valence-electron chi connectivity index (χ3n) is 13.7. The number of thiophene rings is 1. The fraction of sp³-hybridized carbons (Fsp3) is 0. The van der Waals surface area contributed by atoms with E-state index in [2.05, 4.69) is 257 Å². The number of nitrogens with zero attached hydrogens (tertiary/aromatic N) is 3. The molecular formula is C64H41N3OS. The Kier molecular flexibility index (Phi) is 9.04. The quantitative estimate of drug-likeness (QED) is 0.152. The number of aromatic nitrogens is 1. The van der Waals surface area contributed by atoms with Crippen LogP contribution in [0.5, 0.6) is 0 Å². The highest BCUT2D eigenvalue weighted by atomic mass is 32.1. The Morgan fingerprint density at radius 3 is 1.68 bits per heavy atom. The number of benzene rings is 11. The first-order valence-electron chi connectivity index (χ1n) is 23.4. The van der Waals surface area contributed by atoms with Crippen LogP contribution >= 0.6 is 11.3 Å². The number of furan rings is 1. The van der Waals surface area contributed by atoms with Crippen molar-refractivity contribution in [3.8, 4) is 16.8 Å². The maximum absolute atomic E-state index is 6.82. The molecule has 0 atom stereocenters. The summed E-state index contributed by atoms with van der Waals surface area (Å²) in [7, 11) is 0. The van der Waals surface area contributed by atoms with Crippen molar-refractivity contribution in [2.45, 2.75) is 0 Å². The molecule has 3 heterocycles. The molecule has 0 spiro atoms. The molecule has 0 saturated heterocycles. The van der Waals surface area contributed by atoms with Gasteiger partial charge in [0.25, 0.3) is 0 Å². The van der Waals surface area contributed by atoms with Crippen molar-refractivity contribution >= 4 is 120 Å². The lowest BCUT2D eigenvalue weighted by molar-refractivity contribution is 0.669. The second kappa shape index (κ2) is 15.9. The largest absolute Gasteiger partial charge is 0.454 e. The molecule has 0 aliphatic rings. The molecule has 324 valence electrons. The Bertz CT molecular complexity index is 4230. The van der Waals surface area contributed by atoms with Crippen LogP contribution in [-0.4, -0.2) is 4.57 Å². The number of rotatable bonds is 8. The van der Waals surface area contributed by atoms with Crippen LogP contribution in [0.1, 0.15) is 0 Å². The zero-order valence-corrected chi connectivity index (χ0v) is 38.1. The van der Waals surface area contributed by atoms with Crippen molar-refractivity contribution in [1.29, 1.82) is 0 Å². The van der Waals surface area contributed by atoms with Crippen molar-refractivity contribution in [2.75, 3.05) is 9.80 Å². The maximum atomic E-state index is 6.82. The normalized spacial score (nSPS) is 11.8. The molecule has 0 saturated carbocycles. The first-order chi connectivity index (χ1) is 34.2. The predicted octanol–water partition coefficient (Wildman–Crippen LogP) is 18.8. The number of fused-ring (bicyclic) bond motifs is 10. The first-order valence-corrected chi connectivity index (χ1v) is 24.2. The van der Waals surface area contributed by atoms with Gasteiger partial charge in [0.2, 0.25) is 0 Å². The summed E-state index contributed by atoms with van der Waals surface area (Å²) in [5.41, 5.74) is 14.0. The lowest BCUT2D eigenvalue weighted by Crippen LogP contribution is -2.13. The molecule has 5 heteroatoms. The number of hydrogen-bond donors (Lipinski definition) is 0. The Labute approximate surface area is 402 Å². The molecule has 0 bridgehead atoms. The highest BCUT2D eigenvalue weighted by Gasteiger charge is 2.24. The van der Waals surface area contributed by atoms with E-state index in [1.165, 1.54) is 63.9 Å². The molecule has 0 N–H and O–H groups in total. The van der Waals surface area contributed by atoms with Gasteiger partial charge in [-0.15, -0.1) is 11.3 Å². The fourth-order valence-corrected chi connectivity index (χ4v) is 11.8. The minimum absolute atomic E-state index is 0.851. The second-order valence-electron chi connectivity index (χ2n) is 17.7. The van der Waals surface area contributed by atoms with Gasteiger partial charge in [-0.2, -0.15) is 0 Å². The molecule has 0 amide bonds. The van der Waals surface area contributed by atoms with E-state index in [4.69, 9.17) is 4.42 Å². The molecule has 0 radical (unpaired) electrons. The van der Waals surface area contributed by atoms with Gasteiger partial charge in [-0.3, -0.25) is 0 Å². The molecule has 0 fully saturated rings. The van der Waals surface area contributed by atoms with Crippen molar-refractivity contribution in [3.63, 3.8) is 0 Å². The van der Waals surface area contributed by atoms with E-state index >= 15 is 0 Å². The molecule has 14 aromatic rings. The summed E-state index contributed by atoms with van der Waals surface area (Å²) in [6.45, 7) is 0. The van der Waals surface area contributed by atoms with E-state index in [-0.39, 0.29) is 0 Å². The maximum Gasteiger partial charge on any atom is 0.159 e. The highest BCUT2D eigenvalue weighted by molar-refractivity contribution is 7.26. The predicted molar refractivity (Wildman–Crippen MR) is 293 cm³/mol. The number of anilines is 6. The van der Waals surface area contributed by atoms with Crippen molar-refractivity contribution in [3.05, 3.63) is 249 Å². The van der Waals surface area contributed by atoms with E-state index < -0.39 is 0 Å². The average molecular weight is 900 g/mol. The second-order valence-corrected chi connectivity index (χ2v) is 18.8. The van der Waals surface area contributed by atoms with Crippen LogP contribution in [0.4, 0.5) is 34.1 Å². The molecule has 0 unspecified atom stereocenters. The third kappa shape index (κ3) is 6.43. The van der Waals surface area contributed by atoms with Crippen molar-refractivity contribution in [2.24, 2.45) is 0 Å². The summed E-state index contributed by atoms with van der Waals surface area (Å²) < 4.78 is 11.7.